The molecule has 1 aromatic carbocycles. The fourth-order valence-corrected chi connectivity index (χ4v) is 1.90. The van der Waals surface area contributed by atoms with Gasteiger partial charge in [-0.1, -0.05) is 53.5 Å². The van der Waals surface area contributed by atoms with E-state index in [0.717, 1.165) is 11.1 Å². The molecule has 3 heteroatoms. The van der Waals surface area contributed by atoms with Crippen molar-refractivity contribution in [3.8, 4) is 0 Å². The van der Waals surface area contributed by atoms with Gasteiger partial charge >= 0.3 is 0 Å². The smallest absolute Gasteiger partial charge is 0.132 e. The number of hydrogen-bond donors (Lipinski definition) is 0. The third-order valence-electron chi connectivity index (χ3n) is 1.91. The van der Waals surface area contributed by atoms with Gasteiger partial charge in [-0.05, 0) is 19.4 Å². The minimum absolute atomic E-state index is 0.469. The molecule has 0 aliphatic carbocycles. The van der Waals surface area contributed by atoms with Crippen molar-refractivity contribution in [2.45, 2.75) is 13.8 Å². The van der Waals surface area contributed by atoms with E-state index >= 15 is 0 Å². The standard InChI is InChI=1S/C12H13Cl2N/c1-3-15-12(14)11(9(2)13)10-7-5-4-6-8-10/h4-8H,3H2,1-2H3/b11-9+,15-12?. The predicted octanol–water partition coefficient (Wildman–Crippen LogP) is 4.31. The summed E-state index contributed by atoms with van der Waals surface area (Å²) in [4.78, 5) is 4.16. The number of hydrogen-bond acceptors (Lipinski definition) is 1. The van der Waals surface area contributed by atoms with Gasteiger partial charge in [-0.3, -0.25) is 4.99 Å². The Kier molecular flexibility index (Phi) is 4.86. The Bertz CT molecular complexity index is 376. The highest BCUT2D eigenvalue weighted by molar-refractivity contribution is 6.77. The lowest BCUT2D eigenvalue weighted by Crippen LogP contribution is -1.96. The first-order valence-corrected chi connectivity index (χ1v) is 5.54. The van der Waals surface area contributed by atoms with Gasteiger partial charge < -0.3 is 0 Å². The van der Waals surface area contributed by atoms with Crippen LogP contribution in [0.4, 0.5) is 0 Å². The van der Waals surface area contributed by atoms with Crippen molar-refractivity contribution in [1.29, 1.82) is 0 Å². The molecule has 0 aromatic heterocycles. The number of rotatable bonds is 3. The van der Waals surface area contributed by atoms with E-state index in [1.807, 2.05) is 44.2 Å². The molecule has 0 aliphatic heterocycles. The van der Waals surface area contributed by atoms with Crippen molar-refractivity contribution in [2.24, 2.45) is 4.99 Å². The quantitative estimate of drug-likeness (QED) is 0.700. The molecule has 0 unspecified atom stereocenters. The van der Waals surface area contributed by atoms with Gasteiger partial charge in [0, 0.05) is 17.2 Å². The van der Waals surface area contributed by atoms with Crippen LogP contribution < -0.4 is 0 Å². The summed E-state index contributed by atoms with van der Waals surface area (Å²) in [5, 5.41) is 1.12. The molecule has 80 valence electrons. The van der Waals surface area contributed by atoms with Crippen molar-refractivity contribution in [3.63, 3.8) is 0 Å². The lowest BCUT2D eigenvalue weighted by molar-refractivity contribution is 1.14. The molecule has 1 aromatic rings. The highest BCUT2D eigenvalue weighted by Gasteiger charge is 2.09. The summed E-state index contributed by atoms with van der Waals surface area (Å²) < 4.78 is 0. The number of halogens is 2. The summed E-state index contributed by atoms with van der Waals surface area (Å²) in [7, 11) is 0. The summed E-state index contributed by atoms with van der Waals surface area (Å²) >= 11 is 12.1. The minimum atomic E-state index is 0.469. The molecule has 0 fully saturated rings. The molecule has 15 heavy (non-hydrogen) atoms. The summed E-state index contributed by atoms with van der Waals surface area (Å²) in [6.45, 7) is 4.41. The van der Waals surface area contributed by atoms with E-state index in [1.54, 1.807) is 0 Å². The van der Waals surface area contributed by atoms with Crippen LogP contribution in [0.5, 0.6) is 0 Å². The van der Waals surface area contributed by atoms with Crippen LogP contribution in [0.15, 0.2) is 40.4 Å². The fraction of sp³-hybridized carbons (Fsp3) is 0.250. The predicted molar refractivity (Wildman–Crippen MR) is 68.7 cm³/mol. The van der Waals surface area contributed by atoms with Gasteiger partial charge in [-0.25, -0.2) is 0 Å². The molecule has 0 saturated heterocycles. The first kappa shape index (κ1) is 12.3. The average molecular weight is 242 g/mol. The fourth-order valence-electron chi connectivity index (χ4n) is 1.28. The highest BCUT2D eigenvalue weighted by Crippen LogP contribution is 2.24. The van der Waals surface area contributed by atoms with E-state index in [4.69, 9.17) is 23.2 Å². The maximum Gasteiger partial charge on any atom is 0.132 e. The minimum Gasteiger partial charge on any atom is -0.273 e. The van der Waals surface area contributed by atoms with Crippen LogP contribution in [0.2, 0.25) is 0 Å². The van der Waals surface area contributed by atoms with Crippen molar-refractivity contribution in [2.75, 3.05) is 6.54 Å². The zero-order chi connectivity index (χ0) is 11.3. The second-order valence-electron chi connectivity index (χ2n) is 3.04. The Labute approximate surface area is 100 Å². The van der Waals surface area contributed by atoms with Crippen LogP contribution in [0, 0.1) is 0 Å². The average Bonchev–Trinajstić information content (AvgIpc) is 2.19. The number of benzene rings is 1. The zero-order valence-corrected chi connectivity index (χ0v) is 10.3. The number of aliphatic imine (C=N–C) groups is 1. The Balaban J connectivity index is 3.18. The molecule has 0 amide bonds. The first-order valence-electron chi connectivity index (χ1n) is 4.79. The second-order valence-corrected chi connectivity index (χ2v) is 3.96. The molecular formula is C12H13Cl2N. The molecule has 0 bridgehead atoms. The summed E-state index contributed by atoms with van der Waals surface area (Å²) in [6, 6.07) is 9.79. The first-order chi connectivity index (χ1) is 7.16. The van der Waals surface area contributed by atoms with Gasteiger partial charge in [-0.2, -0.15) is 0 Å². The van der Waals surface area contributed by atoms with Crippen LogP contribution >= 0.6 is 23.2 Å². The van der Waals surface area contributed by atoms with Crippen LogP contribution in [-0.2, 0) is 0 Å². The highest BCUT2D eigenvalue weighted by atomic mass is 35.5. The van der Waals surface area contributed by atoms with E-state index in [9.17, 15) is 0 Å². The summed E-state index contributed by atoms with van der Waals surface area (Å²) in [5.41, 5.74) is 1.80. The van der Waals surface area contributed by atoms with Gasteiger partial charge in [0.15, 0.2) is 0 Å². The monoisotopic (exact) mass is 241 g/mol. The maximum atomic E-state index is 6.08. The Morgan fingerprint density at radius 3 is 2.27 bits per heavy atom. The van der Waals surface area contributed by atoms with Crippen LogP contribution in [0.3, 0.4) is 0 Å². The largest absolute Gasteiger partial charge is 0.273 e. The second kappa shape index (κ2) is 5.94. The summed E-state index contributed by atoms with van der Waals surface area (Å²) in [5.74, 6) is 0. The Hall–Kier alpha value is -0.790. The van der Waals surface area contributed by atoms with E-state index in [2.05, 4.69) is 4.99 Å². The molecule has 0 N–H and O–H groups in total. The van der Waals surface area contributed by atoms with Crippen LogP contribution in [-0.4, -0.2) is 11.7 Å². The third-order valence-corrected chi connectivity index (χ3v) is 2.41. The molecule has 0 saturated carbocycles. The number of allylic oxidation sites excluding steroid dienone is 2. The van der Waals surface area contributed by atoms with Crippen molar-refractivity contribution >= 4 is 33.9 Å². The molecule has 1 rings (SSSR count). The Morgan fingerprint density at radius 2 is 1.80 bits per heavy atom. The lowest BCUT2D eigenvalue weighted by atomic mass is 10.1. The molecule has 0 heterocycles. The van der Waals surface area contributed by atoms with E-state index in [1.165, 1.54) is 0 Å². The van der Waals surface area contributed by atoms with Gasteiger partial charge in [0.1, 0.15) is 5.17 Å². The molecule has 0 radical (unpaired) electrons. The van der Waals surface area contributed by atoms with Crippen molar-refractivity contribution < 1.29 is 0 Å². The van der Waals surface area contributed by atoms with Gasteiger partial charge in [-0.15, -0.1) is 0 Å². The zero-order valence-electron chi connectivity index (χ0n) is 8.80. The molecule has 1 nitrogen and oxygen atoms in total. The van der Waals surface area contributed by atoms with E-state index < -0.39 is 0 Å². The van der Waals surface area contributed by atoms with E-state index in [0.29, 0.717) is 16.7 Å². The topological polar surface area (TPSA) is 12.4 Å². The normalized spacial score (nSPS) is 13.7. The molecule has 0 atom stereocenters. The Morgan fingerprint density at radius 1 is 1.20 bits per heavy atom. The third kappa shape index (κ3) is 3.37. The van der Waals surface area contributed by atoms with Gasteiger partial charge in [0.2, 0.25) is 0 Å². The number of nitrogens with zero attached hydrogens (tertiary/aromatic N) is 1. The molecule has 0 aliphatic rings. The van der Waals surface area contributed by atoms with Gasteiger partial charge in [0.25, 0.3) is 0 Å². The van der Waals surface area contributed by atoms with Crippen LogP contribution in [0.25, 0.3) is 5.57 Å². The van der Waals surface area contributed by atoms with Crippen molar-refractivity contribution in [1.82, 2.24) is 0 Å². The molecule has 0 spiro atoms. The lowest BCUT2D eigenvalue weighted by Gasteiger charge is -2.06. The van der Waals surface area contributed by atoms with Gasteiger partial charge in [0.05, 0.1) is 0 Å². The maximum absolute atomic E-state index is 6.08. The van der Waals surface area contributed by atoms with Crippen molar-refractivity contribution in [3.05, 3.63) is 40.9 Å². The summed E-state index contributed by atoms with van der Waals surface area (Å²) in [6.07, 6.45) is 0. The van der Waals surface area contributed by atoms with E-state index in [-0.39, 0.29) is 0 Å². The van der Waals surface area contributed by atoms with Crippen LogP contribution in [0.1, 0.15) is 19.4 Å². The molecular weight excluding hydrogens is 229 g/mol. The SMILES string of the molecule is CCN=C(Cl)/C(=C(\C)Cl)c1ccccc1.